The number of amides is 1. The molecule has 0 radical (unpaired) electrons. The summed E-state index contributed by atoms with van der Waals surface area (Å²) >= 11 is 0. The maximum Gasteiger partial charge on any atom is 0.258 e. The zero-order chi connectivity index (χ0) is 14.8. The second kappa shape index (κ2) is 5.20. The van der Waals surface area contributed by atoms with Crippen LogP contribution < -0.4 is 10.9 Å². The average molecular weight is 279 g/mol. The molecule has 104 valence electrons. The topological polar surface area (TPSA) is 64.0 Å². The first-order valence-electron chi connectivity index (χ1n) is 6.46. The highest BCUT2D eigenvalue weighted by molar-refractivity contribution is 6.05. The van der Waals surface area contributed by atoms with E-state index < -0.39 is 0 Å². The van der Waals surface area contributed by atoms with Crippen LogP contribution in [0.4, 0.5) is 5.69 Å². The number of anilines is 1. The normalized spacial score (nSPS) is 10.5. The molecule has 0 unspecified atom stereocenters. The highest BCUT2D eigenvalue weighted by atomic mass is 16.1. The first-order chi connectivity index (χ1) is 10.1. The Kier molecular flexibility index (Phi) is 3.23. The molecule has 2 aromatic heterocycles. The number of rotatable bonds is 2. The third kappa shape index (κ3) is 2.53. The van der Waals surface area contributed by atoms with Gasteiger partial charge in [0.25, 0.3) is 11.5 Å². The quantitative estimate of drug-likeness (QED) is 0.782. The van der Waals surface area contributed by atoms with Gasteiger partial charge in [0.1, 0.15) is 0 Å². The van der Waals surface area contributed by atoms with Crippen LogP contribution in [0.1, 0.15) is 10.4 Å². The summed E-state index contributed by atoms with van der Waals surface area (Å²) in [6, 6.07) is 10.4. The molecule has 21 heavy (non-hydrogen) atoms. The number of carbonyl (C=O) groups is 1. The van der Waals surface area contributed by atoms with Crippen LogP contribution in [0, 0.1) is 0 Å². The molecule has 2 heterocycles. The Morgan fingerprint density at radius 2 is 1.90 bits per heavy atom. The van der Waals surface area contributed by atoms with Crippen LogP contribution in [0.2, 0.25) is 0 Å². The molecule has 0 aliphatic heterocycles. The van der Waals surface area contributed by atoms with Gasteiger partial charge in [0.05, 0.1) is 0 Å². The summed E-state index contributed by atoms with van der Waals surface area (Å²) < 4.78 is 1.51. The molecule has 1 aromatic carbocycles. The number of aryl methyl sites for hydroxylation is 1. The van der Waals surface area contributed by atoms with E-state index in [-0.39, 0.29) is 11.5 Å². The van der Waals surface area contributed by atoms with Gasteiger partial charge in [0.2, 0.25) is 0 Å². The van der Waals surface area contributed by atoms with Crippen LogP contribution in [0.15, 0.2) is 59.8 Å². The minimum atomic E-state index is -0.232. The summed E-state index contributed by atoms with van der Waals surface area (Å²) in [4.78, 5) is 28.0. The van der Waals surface area contributed by atoms with Crippen LogP contribution in [0.5, 0.6) is 0 Å². The molecular weight excluding hydrogens is 266 g/mol. The Hall–Kier alpha value is -2.95. The van der Waals surface area contributed by atoms with E-state index in [1.54, 1.807) is 49.9 Å². The van der Waals surface area contributed by atoms with Gasteiger partial charge in [-0.1, -0.05) is 6.07 Å². The number of aromatic nitrogens is 2. The van der Waals surface area contributed by atoms with E-state index in [1.807, 2.05) is 12.1 Å². The van der Waals surface area contributed by atoms with Crippen molar-refractivity contribution in [2.75, 3.05) is 5.32 Å². The number of pyridine rings is 2. The summed E-state index contributed by atoms with van der Waals surface area (Å²) in [5.74, 6) is -0.232. The summed E-state index contributed by atoms with van der Waals surface area (Å²) in [7, 11) is 1.70. The molecule has 0 spiro atoms. The first-order valence-corrected chi connectivity index (χ1v) is 6.46. The van der Waals surface area contributed by atoms with Crippen molar-refractivity contribution in [1.82, 2.24) is 9.55 Å². The predicted octanol–water partition coefficient (Wildman–Crippen LogP) is 2.19. The fourth-order valence-corrected chi connectivity index (χ4v) is 2.12. The van der Waals surface area contributed by atoms with Gasteiger partial charge in [-0.25, -0.2) is 0 Å². The minimum absolute atomic E-state index is 0.0903. The molecule has 5 nitrogen and oxygen atoms in total. The molecule has 0 saturated heterocycles. The second-order valence-electron chi connectivity index (χ2n) is 4.72. The molecule has 1 N–H and O–H groups in total. The number of benzene rings is 1. The fraction of sp³-hybridized carbons (Fsp3) is 0.0625. The molecule has 0 saturated carbocycles. The van der Waals surface area contributed by atoms with Crippen molar-refractivity contribution in [3.8, 4) is 0 Å². The predicted molar refractivity (Wildman–Crippen MR) is 81.4 cm³/mol. The molecule has 0 atom stereocenters. The zero-order valence-electron chi connectivity index (χ0n) is 11.4. The van der Waals surface area contributed by atoms with Crippen LogP contribution >= 0.6 is 0 Å². The van der Waals surface area contributed by atoms with Crippen LogP contribution in [-0.4, -0.2) is 15.5 Å². The largest absolute Gasteiger partial charge is 0.322 e. The molecule has 5 heteroatoms. The number of hydrogen-bond donors (Lipinski definition) is 1. The maximum atomic E-state index is 12.1. The van der Waals surface area contributed by atoms with E-state index in [1.165, 1.54) is 4.57 Å². The van der Waals surface area contributed by atoms with Gasteiger partial charge >= 0.3 is 0 Å². The molecule has 0 aliphatic rings. The SMILES string of the molecule is Cn1ccc2ccc(NC(=O)c3ccncc3)cc2c1=O. The molecule has 3 aromatic rings. The van der Waals surface area contributed by atoms with Gasteiger partial charge in [-0.15, -0.1) is 0 Å². The smallest absolute Gasteiger partial charge is 0.258 e. The molecule has 3 rings (SSSR count). The van der Waals surface area contributed by atoms with Gasteiger partial charge in [0.15, 0.2) is 0 Å². The third-order valence-electron chi connectivity index (χ3n) is 3.28. The van der Waals surface area contributed by atoms with E-state index in [4.69, 9.17) is 0 Å². The molecule has 0 bridgehead atoms. The fourth-order valence-electron chi connectivity index (χ4n) is 2.12. The Bertz CT molecular complexity index is 870. The zero-order valence-corrected chi connectivity index (χ0v) is 11.4. The Balaban J connectivity index is 1.97. The van der Waals surface area contributed by atoms with Gasteiger partial charge in [0, 0.05) is 42.3 Å². The van der Waals surface area contributed by atoms with Crippen molar-refractivity contribution in [2.24, 2.45) is 7.05 Å². The lowest BCUT2D eigenvalue weighted by atomic mass is 10.1. The van der Waals surface area contributed by atoms with Crippen molar-refractivity contribution in [1.29, 1.82) is 0 Å². The van der Waals surface area contributed by atoms with Crippen molar-refractivity contribution < 1.29 is 4.79 Å². The number of fused-ring (bicyclic) bond motifs is 1. The lowest BCUT2D eigenvalue weighted by Crippen LogP contribution is -2.16. The lowest BCUT2D eigenvalue weighted by Gasteiger charge is -2.07. The van der Waals surface area contributed by atoms with Crippen molar-refractivity contribution in [2.45, 2.75) is 0 Å². The first kappa shape index (κ1) is 13.1. The van der Waals surface area contributed by atoms with Gasteiger partial charge < -0.3 is 9.88 Å². The number of hydrogen-bond acceptors (Lipinski definition) is 3. The van der Waals surface area contributed by atoms with E-state index in [0.29, 0.717) is 16.6 Å². The average Bonchev–Trinajstić information content (AvgIpc) is 2.52. The highest BCUT2D eigenvalue weighted by Gasteiger charge is 2.07. The summed E-state index contributed by atoms with van der Waals surface area (Å²) in [5.41, 5.74) is 1.02. The Morgan fingerprint density at radius 1 is 1.14 bits per heavy atom. The molecule has 0 aliphatic carbocycles. The third-order valence-corrected chi connectivity index (χ3v) is 3.28. The van der Waals surface area contributed by atoms with Crippen molar-refractivity contribution in [3.05, 3.63) is 70.9 Å². The van der Waals surface area contributed by atoms with Crippen LogP contribution in [0.3, 0.4) is 0 Å². The van der Waals surface area contributed by atoms with E-state index in [0.717, 1.165) is 5.39 Å². The Morgan fingerprint density at radius 3 is 2.67 bits per heavy atom. The summed E-state index contributed by atoms with van der Waals surface area (Å²) in [6.07, 6.45) is 4.84. The van der Waals surface area contributed by atoms with Crippen molar-refractivity contribution in [3.63, 3.8) is 0 Å². The van der Waals surface area contributed by atoms with E-state index in [9.17, 15) is 9.59 Å². The second-order valence-corrected chi connectivity index (χ2v) is 4.72. The molecular formula is C16H13N3O2. The standard InChI is InChI=1S/C16H13N3O2/c1-19-9-6-11-2-3-13(10-14(11)16(19)21)18-15(20)12-4-7-17-8-5-12/h2-10H,1H3,(H,18,20). The number of carbonyl (C=O) groups excluding carboxylic acids is 1. The number of nitrogens with one attached hydrogen (secondary N) is 1. The van der Waals surface area contributed by atoms with E-state index in [2.05, 4.69) is 10.3 Å². The monoisotopic (exact) mass is 279 g/mol. The number of nitrogens with zero attached hydrogens (tertiary/aromatic N) is 2. The lowest BCUT2D eigenvalue weighted by molar-refractivity contribution is 0.102. The molecule has 0 fully saturated rings. The van der Waals surface area contributed by atoms with Crippen molar-refractivity contribution >= 4 is 22.4 Å². The highest BCUT2D eigenvalue weighted by Crippen LogP contribution is 2.16. The van der Waals surface area contributed by atoms with E-state index >= 15 is 0 Å². The van der Waals surface area contributed by atoms with Crippen LogP contribution in [-0.2, 0) is 7.05 Å². The summed E-state index contributed by atoms with van der Waals surface area (Å²) in [6.45, 7) is 0. The van der Waals surface area contributed by atoms with Gasteiger partial charge in [-0.3, -0.25) is 14.6 Å². The Labute approximate surface area is 120 Å². The summed E-state index contributed by atoms with van der Waals surface area (Å²) in [5, 5.41) is 4.21. The van der Waals surface area contributed by atoms with Gasteiger partial charge in [-0.2, -0.15) is 0 Å². The minimum Gasteiger partial charge on any atom is -0.322 e. The maximum absolute atomic E-state index is 12.1. The molecule has 1 amide bonds. The van der Waals surface area contributed by atoms with Gasteiger partial charge in [-0.05, 0) is 35.7 Å². The van der Waals surface area contributed by atoms with Crippen LogP contribution in [0.25, 0.3) is 10.8 Å².